The summed E-state index contributed by atoms with van der Waals surface area (Å²) >= 11 is 5.65. The average molecular weight is 288 g/mol. The first-order valence-electron chi connectivity index (χ1n) is 6.45. The third-order valence-electron chi connectivity index (χ3n) is 3.47. The van der Waals surface area contributed by atoms with E-state index < -0.39 is 11.6 Å². The Labute approximate surface area is 116 Å². The van der Waals surface area contributed by atoms with Crippen molar-refractivity contribution in [1.82, 2.24) is 4.90 Å². The number of nitrogens with zero attached hydrogens (tertiary/aromatic N) is 1. The van der Waals surface area contributed by atoms with E-state index in [9.17, 15) is 13.6 Å². The Bertz CT molecular complexity index is 463. The third kappa shape index (κ3) is 3.24. The number of hydrogen-bond acceptors (Lipinski definition) is 1. The maximum absolute atomic E-state index is 13.7. The van der Waals surface area contributed by atoms with Crippen LogP contribution < -0.4 is 0 Å². The Morgan fingerprint density at radius 2 is 2.11 bits per heavy atom. The first kappa shape index (κ1) is 14.3. The van der Waals surface area contributed by atoms with Crippen molar-refractivity contribution in [3.8, 4) is 0 Å². The van der Waals surface area contributed by atoms with E-state index >= 15 is 0 Å². The molecule has 1 saturated carbocycles. The quantitative estimate of drug-likeness (QED) is 0.758. The monoisotopic (exact) mass is 287 g/mol. The minimum Gasteiger partial charge on any atom is -0.336 e. The van der Waals surface area contributed by atoms with Crippen LogP contribution in [-0.2, 0) is 0 Å². The van der Waals surface area contributed by atoms with Crippen molar-refractivity contribution in [1.29, 1.82) is 0 Å². The molecule has 1 aromatic carbocycles. The molecule has 0 spiro atoms. The predicted molar refractivity (Wildman–Crippen MR) is 70.4 cm³/mol. The van der Waals surface area contributed by atoms with Crippen LogP contribution in [0.2, 0.25) is 0 Å². The third-order valence-corrected chi connectivity index (χ3v) is 3.74. The van der Waals surface area contributed by atoms with Crippen molar-refractivity contribution in [2.24, 2.45) is 0 Å². The van der Waals surface area contributed by atoms with Crippen LogP contribution in [0.5, 0.6) is 0 Å². The lowest BCUT2D eigenvalue weighted by Gasteiger charge is -2.37. The molecule has 5 heteroatoms. The van der Waals surface area contributed by atoms with Gasteiger partial charge in [-0.3, -0.25) is 4.79 Å². The molecular formula is C14H16ClF2NO. The zero-order valence-electron chi connectivity index (χ0n) is 10.5. The smallest absolute Gasteiger partial charge is 0.257 e. The standard InChI is InChI=1S/C14H16ClF2NO/c15-7-2-8-18(11-3-1-4-11)14(19)12-6-5-10(16)9-13(12)17/h5-6,9,11H,1-4,7-8H2. The first-order valence-corrected chi connectivity index (χ1v) is 6.99. The fraction of sp³-hybridized carbons (Fsp3) is 0.500. The van der Waals surface area contributed by atoms with E-state index in [4.69, 9.17) is 11.6 Å². The second-order valence-electron chi connectivity index (χ2n) is 4.75. The number of hydrogen-bond donors (Lipinski definition) is 0. The van der Waals surface area contributed by atoms with Crippen molar-refractivity contribution >= 4 is 17.5 Å². The van der Waals surface area contributed by atoms with E-state index in [0.29, 0.717) is 18.8 Å². The van der Waals surface area contributed by atoms with Gasteiger partial charge in [-0.25, -0.2) is 8.78 Å². The summed E-state index contributed by atoms with van der Waals surface area (Å²) in [5.41, 5.74) is -0.0668. The molecule has 1 aromatic rings. The van der Waals surface area contributed by atoms with Gasteiger partial charge in [-0.15, -0.1) is 11.6 Å². The normalized spacial score (nSPS) is 15.1. The number of halogens is 3. The van der Waals surface area contributed by atoms with Gasteiger partial charge in [0.25, 0.3) is 5.91 Å². The Balaban J connectivity index is 2.17. The Kier molecular flexibility index (Phi) is 4.75. The highest BCUT2D eigenvalue weighted by atomic mass is 35.5. The molecule has 1 aliphatic rings. The van der Waals surface area contributed by atoms with E-state index in [-0.39, 0.29) is 17.5 Å². The molecule has 1 aliphatic carbocycles. The maximum Gasteiger partial charge on any atom is 0.257 e. The van der Waals surface area contributed by atoms with Gasteiger partial charge in [0.05, 0.1) is 5.56 Å². The molecule has 104 valence electrons. The van der Waals surface area contributed by atoms with Gasteiger partial charge < -0.3 is 4.90 Å². The second kappa shape index (κ2) is 6.33. The van der Waals surface area contributed by atoms with Gasteiger partial charge in [0.1, 0.15) is 11.6 Å². The number of carbonyl (C=O) groups is 1. The van der Waals surface area contributed by atoms with Crippen molar-refractivity contribution in [2.75, 3.05) is 12.4 Å². The highest BCUT2D eigenvalue weighted by Crippen LogP contribution is 2.27. The molecule has 0 N–H and O–H groups in total. The molecule has 0 saturated heterocycles. The largest absolute Gasteiger partial charge is 0.336 e. The minimum atomic E-state index is -0.805. The molecule has 0 atom stereocenters. The molecule has 0 aliphatic heterocycles. The van der Waals surface area contributed by atoms with Gasteiger partial charge in [0, 0.05) is 24.5 Å². The Hall–Kier alpha value is -1.16. The lowest BCUT2D eigenvalue weighted by molar-refractivity contribution is 0.0576. The summed E-state index contributed by atoms with van der Waals surface area (Å²) in [5.74, 6) is -1.39. The molecule has 19 heavy (non-hydrogen) atoms. The van der Waals surface area contributed by atoms with E-state index in [2.05, 4.69) is 0 Å². The maximum atomic E-state index is 13.7. The van der Waals surface area contributed by atoms with Gasteiger partial charge in [0.15, 0.2) is 0 Å². The number of amides is 1. The van der Waals surface area contributed by atoms with Crippen molar-refractivity contribution in [2.45, 2.75) is 31.7 Å². The van der Waals surface area contributed by atoms with Crippen LogP contribution in [0.3, 0.4) is 0 Å². The molecule has 2 rings (SSSR count). The number of benzene rings is 1. The van der Waals surface area contributed by atoms with Crippen LogP contribution in [-0.4, -0.2) is 29.3 Å². The lowest BCUT2D eigenvalue weighted by Crippen LogP contribution is -2.45. The predicted octanol–water partition coefficient (Wildman–Crippen LogP) is 3.59. The summed E-state index contributed by atoms with van der Waals surface area (Å²) in [6, 6.07) is 3.23. The van der Waals surface area contributed by atoms with E-state index in [1.54, 1.807) is 4.90 Å². The summed E-state index contributed by atoms with van der Waals surface area (Å²) in [5, 5.41) is 0. The number of alkyl halides is 1. The van der Waals surface area contributed by atoms with Gasteiger partial charge in [-0.05, 0) is 37.8 Å². The number of rotatable bonds is 5. The van der Waals surface area contributed by atoms with Crippen LogP contribution in [0.25, 0.3) is 0 Å². The van der Waals surface area contributed by atoms with Crippen LogP contribution in [0.15, 0.2) is 18.2 Å². The van der Waals surface area contributed by atoms with E-state index in [1.807, 2.05) is 0 Å². The summed E-state index contributed by atoms with van der Waals surface area (Å²) < 4.78 is 26.5. The molecule has 0 unspecified atom stereocenters. The molecule has 0 bridgehead atoms. The van der Waals surface area contributed by atoms with Gasteiger partial charge in [-0.2, -0.15) is 0 Å². The van der Waals surface area contributed by atoms with Crippen LogP contribution in [0, 0.1) is 11.6 Å². The van der Waals surface area contributed by atoms with Crippen LogP contribution in [0.1, 0.15) is 36.0 Å². The Morgan fingerprint density at radius 3 is 2.63 bits per heavy atom. The fourth-order valence-electron chi connectivity index (χ4n) is 2.20. The second-order valence-corrected chi connectivity index (χ2v) is 5.13. The van der Waals surface area contributed by atoms with Crippen molar-refractivity contribution in [3.05, 3.63) is 35.4 Å². The van der Waals surface area contributed by atoms with Gasteiger partial charge >= 0.3 is 0 Å². The van der Waals surface area contributed by atoms with Crippen LogP contribution in [0.4, 0.5) is 8.78 Å². The molecule has 1 amide bonds. The minimum absolute atomic E-state index is 0.0668. The van der Waals surface area contributed by atoms with Crippen LogP contribution >= 0.6 is 11.6 Å². The Morgan fingerprint density at radius 1 is 1.37 bits per heavy atom. The zero-order valence-corrected chi connectivity index (χ0v) is 11.3. The number of carbonyl (C=O) groups excluding carboxylic acids is 1. The average Bonchev–Trinajstić information content (AvgIpc) is 2.31. The SMILES string of the molecule is O=C(c1ccc(F)cc1F)N(CCCCl)C1CCC1. The molecule has 0 aromatic heterocycles. The molecule has 1 fully saturated rings. The summed E-state index contributed by atoms with van der Waals surface area (Å²) in [6.07, 6.45) is 3.64. The summed E-state index contributed by atoms with van der Waals surface area (Å²) in [6.45, 7) is 0.518. The van der Waals surface area contributed by atoms with Gasteiger partial charge in [-0.1, -0.05) is 0 Å². The van der Waals surface area contributed by atoms with E-state index in [1.165, 1.54) is 6.07 Å². The first-order chi connectivity index (χ1) is 9.13. The van der Waals surface area contributed by atoms with Gasteiger partial charge in [0.2, 0.25) is 0 Å². The van der Waals surface area contributed by atoms with Crippen molar-refractivity contribution < 1.29 is 13.6 Å². The molecule has 2 nitrogen and oxygen atoms in total. The summed E-state index contributed by atoms with van der Waals surface area (Å²) in [4.78, 5) is 14.0. The topological polar surface area (TPSA) is 20.3 Å². The fourth-order valence-corrected chi connectivity index (χ4v) is 2.32. The van der Waals surface area contributed by atoms with Crippen molar-refractivity contribution in [3.63, 3.8) is 0 Å². The lowest BCUT2D eigenvalue weighted by atomic mass is 9.90. The van der Waals surface area contributed by atoms with E-state index in [0.717, 1.165) is 31.4 Å². The molecular weight excluding hydrogens is 272 g/mol. The highest BCUT2D eigenvalue weighted by Gasteiger charge is 2.30. The highest BCUT2D eigenvalue weighted by molar-refractivity contribution is 6.17. The molecule has 0 radical (unpaired) electrons. The molecule has 0 heterocycles. The zero-order chi connectivity index (χ0) is 13.8. The summed E-state index contributed by atoms with van der Waals surface area (Å²) in [7, 11) is 0.